The van der Waals surface area contributed by atoms with Crippen LogP contribution in [-0.4, -0.2) is 10.2 Å². The van der Waals surface area contributed by atoms with Crippen molar-refractivity contribution in [3.63, 3.8) is 0 Å². The highest BCUT2D eigenvalue weighted by Gasteiger charge is 2.16. The third-order valence-electron chi connectivity index (χ3n) is 4.64. The number of halogens is 2. The van der Waals surface area contributed by atoms with Crippen molar-refractivity contribution in [3.05, 3.63) is 87.8 Å². The quantitative estimate of drug-likeness (QED) is 0.474. The highest BCUT2D eigenvalue weighted by atomic mass is 19.1. The van der Waals surface area contributed by atoms with Crippen LogP contribution in [0.1, 0.15) is 11.3 Å². The van der Waals surface area contributed by atoms with Gasteiger partial charge in [0.15, 0.2) is 0 Å². The van der Waals surface area contributed by atoms with E-state index in [9.17, 15) is 13.6 Å². The van der Waals surface area contributed by atoms with E-state index in [1.54, 1.807) is 24.3 Å². The molecule has 0 aliphatic carbocycles. The molecule has 7 heteroatoms. The third-order valence-corrected chi connectivity index (χ3v) is 4.64. The number of anilines is 2. The topological polar surface area (TPSA) is 97.8 Å². The van der Waals surface area contributed by atoms with Crippen LogP contribution in [0.15, 0.2) is 59.4 Å². The minimum Gasteiger partial charge on any atom is -0.399 e. The SMILES string of the molecule is Nc1ccc(F)c(-c2cc(Cc3n[nH]c(=O)c4ccccc34)c(N)cc2F)c1. The molecule has 5 nitrogen and oxygen atoms in total. The lowest BCUT2D eigenvalue weighted by Crippen LogP contribution is -2.11. The number of hydrogen-bond donors (Lipinski definition) is 3. The number of aromatic amines is 1. The summed E-state index contributed by atoms with van der Waals surface area (Å²) in [6, 6.07) is 13.7. The van der Waals surface area contributed by atoms with Crippen LogP contribution < -0.4 is 17.0 Å². The molecular weight excluding hydrogens is 362 g/mol. The molecule has 1 heterocycles. The maximum absolute atomic E-state index is 14.5. The van der Waals surface area contributed by atoms with E-state index >= 15 is 0 Å². The first kappa shape index (κ1) is 17.7. The van der Waals surface area contributed by atoms with Crippen LogP contribution in [0.25, 0.3) is 21.9 Å². The van der Waals surface area contributed by atoms with Crippen molar-refractivity contribution in [2.45, 2.75) is 6.42 Å². The van der Waals surface area contributed by atoms with Gasteiger partial charge in [0.1, 0.15) is 11.6 Å². The van der Waals surface area contributed by atoms with Crippen LogP contribution in [-0.2, 0) is 6.42 Å². The molecule has 4 aromatic rings. The summed E-state index contributed by atoms with van der Waals surface area (Å²) in [5.41, 5.74) is 13.2. The molecule has 0 spiro atoms. The van der Waals surface area contributed by atoms with Crippen LogP contribution in [0.3, 0.4) is 0 Å². The predicted octanol–water partition coefficient (Wildman–Crippen LogP) is 3.62. The first-order valence-electron chi connectivity index (χ1n) is 8.53. The average Bonchev–Trinajstić information content (AvgIpc) is 2.68. The van der Waals surface area contributed by atoms with Crippen molar-refractivity contribution in [2.24, 2.45) is 0 Å². The standard InChI is InChI=1S/C21H16F2N4O/c22-17-6-5-12(24)9-16(17)15-7-11(19(25)10-18(15)23)8-20-13-3-1-2-4-14(13)21(28)27-26-20/h1-7,9-10H,8,24-25H2,(H,27,28). The first-order valence-corrected chi connectivity index (χ1v) is 8.53. The smallest absolute Gasteiger partial charge is 0.272 e. The summed E-state index contributed by atoms with van der Waals surface area (Å²) < 4.78 is 28.8. The fourth-order valence-corrected chi connectivity index (χ4v) is 3.23. The summed E-state index contributed by atoms with van der Waals surface area (Å²) in [6.45, 7) is 0. The summed E-state index contributed by atoms with van der Waals surface area (Å²) in [6.07, 6.45) is 0.236. The van der Waals surface area contributed by atoms with Gasteiger partial charge in [0.05, 0.1) is 11.1 Å². The van der Waals surface area contributed by atoms with Crippen molar-refractivity contribution in [1.29, 1.82) is 0 Å². The molecule has 0 aliphatic heterocycles. The van der Waals surface area contributed by atoms with Crippen LogP contribution >= 0.6 is 0 Å². The third kappa shape index (κ3) is 3.07. The monoisotopic (exact) mass is 378 g/mol. The van der Waals surface area contributed by atoms with Crippen molar-refractivity contribution in [1.82, 2.24) is 10.2 Å². The Labute approximate surface area is 158 Å². The molecule has 0 bridgehead atoms. The minimum absolute atomic E-state index is 0.0537. The molecule has 0 aliphatic rings. The van der Waals surface area contributed by atoms with E-state index in [0.717, 1.165) is 6.07 Å². The normalized spacial score (nSPS) is 11.1. The molecule has 1 aromatic heterocycles. The average molecular weight is 378 g/mol. The number of nitrogens with one attached hydrogen (secondary N) is 1. The Morgan fingerprint density at radius 1 is 0.893 bits per heavy atom. The fourth-order valence-electron chi connectivity index (χ4n) is 3.23. The molecule has 4 rings (SSSR count). The van der Waals surface area contributed by atoms with E-state index in [-0.39, 0.29) is 28.8 Å². The van der Waals surface area contributed by atoms with Crippen molar-refractivity contribution >= 4 is 22.1 Å². The maximum atomic E-state index is 14.5. The summed E-state index contributed by atoms with van der Waals surface area (Å²) in [5.74, 6) is -1.23. The zero-order valence-corrected chi connectivity index (χ0v) is 14.7. The van der Waals surface area contributed by atoms with Gasteiger partial charge < -0.3 is 11.5 Å². The van der Waals surface area contributed by atoms with Crippen molar-refractivity contribution in [2.75, 3.05) is 11.5 Å². The van der Waals surface area contributed by atoms with E-state index in [2.05, 4.69) is 10.2 Å². The van der Waals surface area contributed by atoms with Gasteiger partial charge in [-0.1, -0.05) is 18.2 Å². The predicted molar refractivity (Wildman–Crippen MR) is 106 cm³/mol. The van der Waals surface area contributed by atoms with Gasteiger partial charge >= 0.3 is 0 Å². The number of hydrogen-bond acceptors (Lipinski definition) is 4. The molecule has 0 unspecified atom stereocenters. The highest BCUT2D eigenvalue weighted by Crippen LogP contribution is 2.32. The number of aromatic nitrogens is 2. The summed E-state index contributed by atoms with van der Waals surface area (Å²) in [5, 5.41) is 7.75. The Bertz CT molecular complexity index is 1270. The summed E-state index contributed by atoms with van der Waals surface area (Å²) >= 11 is 0. The lowest BCUT2D eigenvalue weighted by Gasteiger charge is -2.12. The van der Waals surface area contributed by atoms with E-state index in [0.29, 0.717) is 27.7 Å². The van der Waals surface area contributed by atoms with Crippen LogP contribution in [0.5, 0.6) is 0 Å². The van der Waals surface area contributed by atoms with Crippen molar-refractivity contribution in [3.8, 4) is 11.1 Å². The van der Waals surface area contributed by atoms with Crippen LogP contribution in [0.2, 0.25) is 0 Å². The lowest BCUT2D eigenvalue weighted by molar-refractivity contribution is 0.616. The lowest BCUT2D eigenvalue weighted by atomic mass is 9.97. The molecular formula is C21H16F2N4O. The molecule has 28 heavy (non-hydrogen) atoms. The first-order chi connectivity index (χ1) is 13.4. The zero-order valence-electron chi connectivity index (χ0n) is 14.7. The van der Waals surface area contributed by atoms with Crippen molar-refractivity contribution < 1.29 is 8.78 Å². The number of benzene rings is 3. The number of nitrogen functional groups attached to an aromatic ring is 2. The number of nitrogens with two attached hydrogens (primary N) is 2. The van der Waals surface area contributed by atoms with Crippen LogP contribution in [0.4, 0.5) is 20.2 Å². The van der Waals surface area contributed by atoms with Gasteiger partial charge in [-0.3, -0.25) is 4.79 Å². The molecule has 5 N–H and O–H groups in total. The molecule has 3 aromatic carbocycles. The van der Waals surface area contributed by atoms with E-state index in [1.165, 1.54) is 24.3 Å². The van der Waals surface area contributed by atoms with Gasteiger partial charge in [0, 0.05) is 34.3 Å². The summed E-state index contributed by atoms with van der Waals surface area (Å²) in [7, 11) is 0. The molecule has 0 amide bonds. The number of H-pyrrole nitrogens is 1. The molecule has 0 saturated heterocycles. The van der Waals surface area contributed by atoms with Gasteiger partial charge in [-0.2, -0.15) is 5.10 Å². The largest absolute Gasteiger partial charge is 0.399 e. The molecule has 140 valence electrons. The van der Waals surface area contributed by atoms with Gasteiger partial charge in [-0.05, 0) is 42.0 Å². The van der Waals surface area contributed by atoms with Gasteiger partial charge in [0.2, 0.25) is 0 Å². The summed E-state index contributed by atoms with van der Waals surface area (Å²) in [4.78, 5) is 12.0. The molecule has 0 atom stereocenters. The van der Waals surface area contributed by atoms with Gasteiger partial charge in [0.25, 0.3) is 5.56 Å². The molecule has 0 radical (unpaired) electrons. The Morgan fingerprint density at radius 2 is 1.61 bits per heavy atom. The minimum atomic E-state index is -0.648. The highest BCUT2D eigenvalue weighted by molar-refractivity contribution is 5.84. The van der Waals surface area contributed by atoms with Crippen LogP contribution in [0, 0.1) is 11.6 Å². The fraction of sp³-hybridized carbons (Fsp3) is 0.0476. The second-order valence-electron chi connectivity index (χ2n) is 6.49. The number of nitrogens with zero attached hydrogens (tertiary/aromatic N) is 1. The molecule has 0 fully saturated rings. The number of rotatable bonds is 3. The van der Waals surface area contributed by atoms with E-state index in [1.807, 2.05) is 0 Å². The maximum Gasteiger partial charge on any atom is 0.272 e. The van der Waals surface area contributed by atoms with E-state index < -0.39 is 11.6 Å². The number of fused-ring (bicyclic) bond motifs is 1. The Balaban J connectivity index is 1.85. The second-order valence-corrected chi connectivity index (χ2v) is 6.49. The molecule has 0 saturated carbocycles. The Morgan fingerprint density at radius 3 is 2.39 bits per heavy atom. The zero-order chi connectivity index (χ0) is 19.8. The van der Waals surface area contributed by atoms with E-state index in [4.69, 9.17) is 11.5 Å². The second kappa shape index (κ2) is 6.77. The van der Waals surface area contributed by atoms with Gasteiger partial charge in [-0.15, -0.1) is 0 Å². The Hall–Kier alpha value is -3.74. The van der Waals surface area contributed by atoms with Gasteiger partial charge in [-0.25, -0.2) is 13.9 Å². The Kier molecular flexibility index (Phi) is 4.27.